The monoisotopic (exact) mass is 279 g/mol. The molecule has 0 aromatic carbocycles. The number of pyridine rings is 1. The largest absolute Gasteiger partial charge is 0.383 e. The minimum atomic E-state index is 0.473. The number of nitrogens with zero attached hydrogens (tertiary/aromatic N) is 2. The number of aromatic nitrogens is 1. The van der Waals surface area contributed by atoms with Crippen LogP contribution >= 0.6 is 0 Å². The lowest BCUT2D eigenvalue weighted by molar-refractivity contribution is 0.204. The molecule has 0 aliphatic carbocycles. The summed E-state index contributed by atoms with van der Waals surface area (Å²) in [6.45, 7) is 12.3. The van der Waals surface area contributed by atoms with Gasteiger partial charge in [-0.3, -0.25) is 4.98 Å². The number of methoxy groups -OCH3 is 1. The summed E-state index contributed by atoms with van der Waals surface area (Å²) in [5.41, 5.74) is 2.51. The van der Waals surface area contributed by atoms with E-state index in [1.54, 1.807) is 7.11 Å². The molecule has 20 heavy (non-hydrogen) atoms. The van der Waals surface area contributed by atoms with Crippen molar-refractivity contribution in [2.75, 3.05) is 31.7 Å². The lowest BCUT2D eigenvalue weighted by Crippen LogP contribution is -2.32. The molecule has 1 rings (SSSR count). The van der Waals surface area contributed by atoms with Gasteiger partial charge in [-0.2, -0.15) is 0 Å². The van der Waals surface area contributed by atoms with Crippen LogP contribution in [0.5, 0.6) is 0 Å². The smallest absolute Gasteiger partial charge is 0.0637 e. The normalized spacial score (nSPS) is 11.3. The van der Waals surface area contributed by atoms with E-state index in [-0.39, 0.29) is 0 Å². The third kappa shape index (κ3) is 5.88. The third-order valence-corrected chi connectivity index (χ3v) is 3.07. The maximum absolute atomic E-state index is 5.24. The first-order valence-electron chi connectivity index (χ1n) is 7.44. The Morgan fingerprint density at radius 3 is 2.65 bits per heavy atom. The molecule has 0 aliphatic rings. The van der Waals surface area contributed by atoms with Gasteiger partial charge in [0.2, 0.25) is 0 Å². The minimum Gasteiger partial charge on any atom is -0.383 e. The lowest BCUT2D eigenvalue weighted by Gasteiger charge is -2.28. The predicted octanol–water partition coefficient (Wildman–Crippen LogP) is 2.69. The van der Waals surface area contributed by atoms with Crippen molar-refractivity contribution in [1.29, 1.82) is 0 Å². The van der Waals surface area contributed by atoms with Crippen molar-refractivity contribution in [3.63, 3.8) is 0 Å². The first kappa shape index (κ1) is 16.9. The van der Waals surface area contributed by atoms with Crippen LogP contribution in [0, 0.1) is 5.92 Å². The van der Waals surface area contributed by atoms with E-state index in [1.165, 1.54) is 11.3 Å². The van der Waals surface area contributed by atoms with Crippen molar-refractivity contribution >= 4 is 5.69 Å². The molecular weight excluding hydrogens is 250 g/mol. The molecule has 0 amide bonds. The first-order valence-corrected chi connectivity index (χ1v) is 7.44. The summed E-state index contributed by atoms with van der Waals surface area (Å²) in [5, 5.41) is 3.47. The Morgan fingerprint density at radius 2 is 2.05 bits per heavy atom. The van der Waals surface area contributed by atoms with Gasteiger partial charge in [-0.15, -0.1) is 0 Å². The van der Waals surface area contributed by atoms with E-state index in [2.05, 4.69) is 49.0 Å². The van der Waals surface area contributed by atoms with Crippen LogP contribution in [0.2, 0.25) is 0 Å². The van der Waals surface area contributed by atoms with Crippen LogP contribution in [0.4, 0.5) is 5.69 Å². The van der Waals surface area contributed by atoms with Gasteiger partial charge < -0.3 is 15.0 Å². The molecule has 0 radical (unpaired) electrons. The minimum absolute atomic E-state index is 0.473. The van der Waals surface area contributed by atoms with Gasteiger partial charge in [0.15, 0.2) is 0 Å². The Kier molecular flexibility index (Phi) is 7.55. The highest BCUT2D eigenvalue weighted by atomic mass is 16.5. The van der Waals surface area contributed by atoms with Crippen LogP contribution in [0.25, 0.3) is 0 Å². The highest BCUT2D eigenvalue weighted by Crippen LogP contribution is 2.20. The van der Waals surface area contributed by atoms with E-state index in [9.17, 15) is 0 Å². The zero-order valence-corrected chi connectivity index (χ0v) is 13.5. The summed E-state index contributed by atoms with van der Waals surface area (Å²) >= 11 is 0. The third-order valence-electron chi connectivity index (χ3n) is 3.07. The number of rotatable bonds is 9. The maximum atomic E-state index is 5.24. The van der Waals surface area contributed by atoms with Crippen LogP contribution < -0.4 is 10.2 Å². The van der Waals surface area contributed by atoms with Gasteiger partial charge in [0.05, 0.1) is 6.61 Å². The predicted molar refractivity (Wildman–Crippen MR) is 85.1 cm³/mol. The standard InChI is InChI=1S/C16H29N3O/c1-13(2)12-19(8-9-20-5)16-6-7-17-10-15(16)11-18-14(3)4/h6-7,10,13-14,18H,8-9,11-12H2,1-5H3. The van der Waals surface area contributed by atoms with Gasteiger partial charge in [0.1, 0.15) is 0 Å². The molecule has 4 heteroatoms. The van der Waals surface area contributed by atoms with E-state index in [4.69, 9.17) is 4.74 Å². The average molecular weight is 279 g/mol. The molecule has 1 aromatic rings. The second-order valence-corrected chi connectivity index (χ2v) is 5.87. The molecule has 0 saturated heterocycles. The molecule has 114 valence electrons. The SMILES string of the molecule is COCCN(CC(C)C)c1ccncc1CNC(C)C. The summed E-state index contributed by atoms with van der Waals surface area (Å²) in [4.78, 5) is 6.66. The average Bonchev–Trinajstić information content (AvgIpc) is 2.41. The fourth-order valence-electron chi connectivity index (χ4n) is 2.13. The molecule has 1 aromatic heterocycles. The van der Waals surface area contributed by atoms with Crippen molar-refractivity contribution in [3.05, 3.63) is 24.0 Å². The quantitative estimate of drug-likeness (QED) is 0.754. The van der Waals surface area contributed by atoms with Gasteiger partial charge in [0.25, 0.3) is 0 Å². The van der Waals surface area contributed by atoms with E-state index in [0.29, 0.717) is 12.0 Å². The Morgan fingerprint density at radius 1 is 1.30 bits per heavy atom. The molecule has 0 fully saturated rings. The Hall–Kier alpha value is -1.13. The molecule has 1 heterocycles. The summed E-state index contributed by atoms with van der Waals surface area (Å²) in [7, 11) is 1.75. The molecule has 0 saturated carbocycles. The number of anilines is 1. The molecule has 0 bridgehead atoms. The van der Waals surface area contributed by atoms with E-state index in [1.807, 2.05) is 12.4 Å². The highest BCUT2D eigenvalue weighted by Gasteiger charge is 2.12. The summed E-state index contributed by atoms with van der Waals surface area (Å²) < 4.78 is 5.24. The highest BCUT2D eigenvalue weighted by molar-refractivity contribution is 5.52. The fourth-order valence-corrected chi connectivity index (χ4v) is 2.13. The second-order valence-electron chi connectivity index (χ2n) is 5.87. The van der Waals surface area contributed by atoms with Gasteiger partial charge in [-0.25, -0.2) is 0 Å². The van der Waals surface area contributed by atoms with Crippen molar-refractivity contribution in [2.45, 2.75) is 40.3 Å². The Balaban J connectivity index is 2.86. The van der Waals surface area contributed by atoms with E-state index >= 15 is 0 Å². The van der Waals surface area contributed by atoms with Crippen LogP contribution in [-0.2, 0) is 11.3 Å². The van der Waals surface area contributed by atoms with E-state index < -0.39 is 0 Å². The van der Waals surface area contributed by atoms with Gasteiger partial charge in [-0.1, -0.05) is 27.7 Å². The Bertz CT molecular complexity index is 380. The van der Waals surface area contributed by atoms with Gasteiger partial charge in [0, 0.05) is 56.4 Å². The molecule has 0 spiro atoms. The summed E-state index contributed by atoms with van der Waals surface area (Å²) in [5.74, 6) is 0.617. The summed E-state index contributed by atoms with van der Waals surface area (Å²) in [6, 6.07) is 2.58. The second kappa shape index (κ2) is 8.93. The zero-order valence-electron chi connectivity index (χ0n) is 13.5. The molecule has 0 aliphatic heterocycles. The van der Waals surface area contributed by atoms with E-state index in [0.717, 1.165) is 26.2 Å². The number of hydrogen-bond donors (Lipinski definition) is 1. The van der Waals surface area contributed by atoms with Crippen molar-refractivity contribution in [2.24, 2.45) is 5.92 Å². The zero-order chi connectivity index (χ0) is 15.0. The Labute approximate surface area is 123 Å². The maximum Gasteiger partial charge on any atom is 0.0637 e. The molecule has 1 N–H and O–H groups in total. The molecular formula is C16H29N3O. The van der Waals surface area contributed by atoms with Crippen molar-refractivity contribution in [1.82, 2.24) is 10.3 Å². The molecule has 4 nitrogen and oxygen atoms in total. The molecule has 0 atom stereocenters. The van der Waals surface area contributed by atoms with Crippen molar-refractivity contribution < 1.29 is 4.74 Å². The van der Waals surface area contributed by atoms with Gasteiger partial charge in [-0.05, 0) is 12.0 Å². The molecule has 0 unspecified atom stereocenters. The number of nitrogens with one attached hydrogen (secondary N) is 1. The van der Waals surface area contributed by atoms with Crippen LogP contribution in [0.3, 0.4) is 0 Å². The van der Waals surface area contributed by atoms with Gasteiger partial charge >= 0.3 is 0 Å². The summed E-state index contributed by atoms with van der Waals surface area (Å²) in [6.07, 6.45) is 3.83. The van der Waals surface area contributed by atoms with Crippen LogP contribution in [0.15, 0.2) is 18.5 Å². The van der Waals surface area contributed by atoms with Crippen molar-refractivity contribution in [3.8, 4) is 0 Å². The number of hydrogen-bond acceptors (Lipinski definition) is 4. The fraction of sp³-hybridized carbons (Fsp3) is 0.688. The first-order chi connectivity index (χ1) is 9.54. The number of ether oxygens (including phenoxy) is 1. The topological polar surface area (TPSA) is 37.4 Å². The van der Waals surface area contributed by atoms with Crippen LogP contribution in [0.1, 0.15) is 33.3 Å². The lowest BCUT2D eigenvalue weighted by atomic mass is 10.1. The van der Waals surface area contributed by atoms with Crippen LogP contribution in [-0.4, -0.2) is 37.8 Å².